The predicted molar refractivity (Wildman–Crippen MR) is 121 cm³/mol. The molecule has 1 N–H and O–H groups in total. The lowest BCUT2D eigenvalue weighted by Gasteiger charge is -2.21. The smallest absolute Gasteiger partial charge is 0.325 e. The summed E-state index contributed by atoms with van der Waals surface area (Å²) in [5, 5.41) is 2.81. The first-order valence-electron chi connectivity index (χ1n) is 11.1. The van der Waals surface area contributed by atoms with Gasteiger partial charge in [0.15, 0.2) is 5.78 Å². The van der Waals surface area contributed by atoms with Gasteiger partial charge in [-0.3, -0.25) is 14.5 Å². The lowest BCUT2D eigenvalue weighted by Crippen LogP contribution is -2.44. The number of urea groups is 1. The molecule has 3 rings (SSSR count). The predicted octanol–water partition coefficient (Wildman–Crippen LogP) is 4.62. The molecule has 1 aromatic heterocycles. The molecular formula is C25H33N3O3. The third-order valence-electron chi connectivity index (χ3n) is 6.23. The third-order valence-corrected chi connectivity index (χ3v) is 6.23. The molecule has 166 valence electrons. The van der Waals surface area contributed by atoms with Gasteiger partial charge in [-0.05, 0) is 38.8 Å². The minimum atomic E-state index is -0.921. The average Bonchev–Trinajstić information content (AvgIpc) is 3.14. The van der Waals surface area contributed by atoms with E-state index >= 15 is 0 Å². The van der Waals surface area contributed by atoms with Crippen LogP contribution in [0.3, 0.4) is 0 Å². The molecule has 0 radical (unpaired) electrons. The first kappa shape index (κ1) is 22.8. The normalized spacial score (nSPS) is 18.5. The van der Waals surface area contributed by atoms with Crippen molar-refractivity contribution in [2.45, 2.75) is 71.9 Å². The first-order chi connectivity index (χ1) is 14.8. The van der Waals surface area contributed by atoms with Crippen molar-refractivity contribution in [3.63, 3.8) is 0 Å². The van der Waals surface area contributed by atoms with Crippen molar-refractivity contribution in [3.05, 3.63) is 58.9 Å². The van der Waals surface area contributed by atoms with Gasteiger partial charge < -0.3 is 9.88 Å². The summed E-state index contributed by atoms with van der Waals surface area (Å²) in [5.74, 6) is -0.522. The topological polar surface area (TPSA) is 71.4 Å². The average molecular weight is 424 g/mol. The molecule has 6 nitrogen and oxygen atoms in total. The van der Waals surface area contributed by atoms with Crippen molar-refractivity contribution in [3.8, 4) is 0 Å². The highest BCUT2D eigenvalue weighted by molar-refractivity contribution is 6.11. The van der Waals surface area contributed by atoms with E-state index in [0.29, 0.717) is 18.5 Å². The number of nitrogens with one attached hydrogen (secondary N) is 1. The maximum Gasteiger partial charge on any atom is 0.325 e. The Balaban J connectivity index is 1.71. The molecule has 0 aliphatic carbocycles. The van der Waals surface area contributed by atoms with Crippen LogP contribution >= 0.6 is 0 Å². The Morgan fingerprint density at radius 3 is 2.45 bits per heavy atom. The van der Waals surface area contributed by atoms with Gasteiger partial charge >= 0.3 is 6.03 Å². The molecular weight excluding hydrogens is 390 g/mol. The van der Waals surface area contributed by atoms with Crippen LogP contribution in [0.4, 0.5) is 4.79 Å². The molecule has 1 aliphatic heterocycles. The molecule has 0 spiro atoms. The summed E-state index contributed by atoms with van der Waals surface area (Å²) in [6, 6.07) is 11.4. The van der Waals surface area contributed by atoms with Crippen molar-refractivity contribution in [2.75, 3.05) is 6.54 Å². The summed E-state index contributed by atoms with van der Waals surface area (Å²) in [5.41, 5.74) is 2.61. The Hall–Kier alpha value is -2.89. The molecule has 6 heteroatoms. The van der Waals surface area contributed by atoms with Crippen LogP contribution in [0.5, 0.6) is 0 Å². The van der Waals surface area contributed by atoms with Gasteiger partial charge in [0.2, 0.25) is 0 Å². The van der Waals surface area contributed by atoms with Gasteiger partial charge in [-0.1, -0.05) is 62.9 Å². The number of aryl methyl sites for hydroxylation is 1. The van der Waals surface area contributed by atoms with Crippen LogP contribution in [-0.2, 0) is 11.3 Å². The summed E-state index contributed by atoms with van der Waals surface area (Å²) < 4.78 is 2.09. The summed E-state index contributed by atoms with van der Waals surface area (Å²) in [6.07, 6.45) is 4.72. The highest BCUT2D eigenvalue weighted by atomic mass is 16.2. The number of benzene rings is 1. The van der Waals surface area contributed by atoms with Gasteiger partial charge in [0.1, 0.15) is 5.54 Å². The van der Waals surface area contributed by atoms with Crippen LogP contribution in [0.15, 0.2) is 36.4 Å². The molecule has 1 aromatic carbocycles. The molecule has 1 unspecified atom stereocenters. The van der Waals surface area contributed by atoms with E-state index in [9.17, 15) is 14.4 Å². The fourth-order valence-corrected chi connectivity index (χ4v) is 4.29. The number of aromatic nitrogens is 1. The summed E-state index contributed by atoms with van der Waals surface area (Å²) in [4.78, 5) is 39.6. The van der Waals surface area contributed by atoms with Crippen molar-refractivity contribution in [2.24, 2.45) is 0 Å². The summed E-state index contributed by atoms with van der Waals surface area (Å²) >= 11 is 0. The van der Waals surface area contributed by atoms with E-state index in [4.69, 9.17) is 0 Å². The monoisotopic (exact) mass is 423 g/mol. The lowest BCUT2D eigenvalue weighted by molar-refractivity contribution is -0.130. The zero-order chi connectivity index (χ0) is 22.6. The van der Waals surface area contributed by atoms with Crippen molar-refractivity contribution >= 4 is 17.7 Å². The fourth-order valence-electron chi connectivity index (χ4n) is 4.29. The molecule has 2 heterocycles. The number of nitrogens with zero attached hydrogens (tertiary/aromatic N) is 2. The number of hydrogen-bond acceptors (Lipinski definition) is 3. The molecule has 1 fully saturated rings. The van der Waals surface area contributed by atoms with Crippen LogP contribution in [0.2, 0.25) is 0 Å². The van der Waals surface area contributed by atoms with Gasteiger partial charge in [-0.2, -0.15) is 0 Å². The standard InChI is InChI=1S/C25H33N3O3/c1-5-6-7-11-14-25(4)23(30)28(24(31)26-25)17-22(29)21-15-18(2)27(19(21)3)16-20-12-9-8-10-13-20/h8-10,12-13,15H,5-7,11,14,16-17H2,1-4H3,(H,26,31). The number of rotatable bonds is 10. The molecule has 1 atom stereocenters. The zero-order valence-electron chi connectivity index (χ0n) is 19.0. The van der Waals surface area contributed by atoms with E-state index in [2.05, 4.69) is 28.9 Å². The second-order valence-electron chi connectivity index (χ2n) is 8.74. The zero-order valence-corrected chi connectivity index (χ0v) is 19.0. The van der Waals surface area contributed by atoms with Crippen molar-refractivity contribution < 1.29 is 14.4 Å². The second kappa shape index (κ2) is 9.50. The van der Waals surface area contributed by atoms with E-state index < -0.39 is 11.6 Å². The number of hydrogen-bond donors (Lipinski definition) is 1. The van der Waals surface area contributed by atoms with Crippen LogP contribution in [0.25, 0.3) is 0 Å². The largest absolute Gasteiger partial charge is 0.344 e. The Morgan fingerprint density at radius 2 is 1.77 bits per heavy atom. The van der Waals surface area contributed by atoms with Gasteiger partial charge in [-0.15, -0.1) is 0 Å². The van der Waals surface area contributed by atoms with Gasteiger partial charge in [0, 0.05) is 23.5 Å². The Labute approximate surface area is 184 Å². The van der Waals surface area contributed by atoms with Crippen LogP contribution in [0, 0.1) is 13.8 Å². The van der Waals surface area contributed by atoms with Crippen LogP contribution in [0.1, 0.15) is 73.3 Å². The molecule has 3 amide bonds. The third kappa shape index (κ3) is 4.89. The van der Waals surface area contributed by atoms with E-state index in [1.165, 1.54) is 0 Å². The molecule has 1 saturated heterocycles. The van der Waals surface area contributed by atoms with E-state index in [1.54, 1.807) is 6.92 Å². The van der Waals surface area contributed by atoms with Crippen molar-refractivity contribution in [1.29, 1.82) is 0 Å². The molecule has 2 aromatic rings. The maximum atomic E-state index is 13.1. The van der Waals surface area contributed by atoms with Gasteiger partial charge in [0.25, 0.3) is 5.91 Å². The lowest BCUT2D eigenvalue weighted by atomic mass is 9.94. The van der Waals surface area contributed by atoms with E-state index in [0.717, 1.165) is 47.5 Å². The van der Waals surface area contributed by atoms with E-state index in [-0.39, 0.29) is 18.2 Å². The number of carbonyl (C=O) groups is 3. The molecule has 0 saturated carbocycles. The second-order valence-corrected chi connectivity index (χ2v) is 8.74. The summed E-state index contributed by atoms with van der Waals surface area (Å²) in [6.45, 7) is 8.21. The Bertz CT molecular complexity index is 964. The summed E-state index contributed by atoms with van der Waals surface area (Å²) in [7, 11) is 0. The number of amides is 3. The van der Waals surface area contributed by atoms with Crippen LogP contribution < -0.4 is 5.32 Å². The first-order valence-corrected chi connectivity index (χ1v) is 11.1. The minimum absolute atomic E-state index is 0.217. The minimum Gasteiger partial charge on any atom is -0.344 e. The van der Waals surface area contributed by atoms with Crippen molar-refractivity contribution in [1.82, 2.24) is 14.8 Å². The number of ketones is 1. The van der Waals surface area contributed by atoms with Gasteiger partial charge in [-0.25, -0.2) is 4.79 Å². The fraction of sp³-hybridized carbons (Fsp3) is 0.480. The van der Waals surface area contributed by atoms with E-state index in [1.807, 2.05) is 38.1 Å². The molecule has 0 bridgehead atoms. The highest BCUT2D eigenvalue weighted by Gasteiger charge is 2.47. The number of unbranched alkanes of at least 4 members (excludes halogenated alkanes) is 3. The molecule has 31 heavy (non-hydrogen) atoms. The number of imide groups is 1. The number of carbonyl (C=O) groups excluding carboxylic acids is 3. The highest BCUT2D eigenvalue weighted by Crippen LogP contribution is 2.25. The van der Waals surface area contributed by atoms with Gasteiger partial charge in [0.05, 0.1) is 6.54 Å². The molecule has 1 aliphatic rings. The number of Topliss-reactive ketones (excluding diaryl/α,β-unsaturated/α-hetero) is 1. The van der Waals surface area contributed by atoms with Crippen LogP contribution in [-0.4, -0.2) is 39.3 Å². The quantitative estimate of drug-likeness (QED) is 0.344. The Morgan fingerprint density at radius 1 is 1.06 bits per heavy atom. The SMILES string of the molecule is CCCCCCC1(C)NC(=O)N(CC(=O)c2cc(C)n(Cc3ccccc3)c2C)C1=O. The maximum absolute atomic E-state index is 13.1. The Kier molecular flexibility index (Phi) is 6.98.